The maximum Gasteiger partial charge on any atom is 0.235 e. The third-order valence-electron chi connectivity index (χ3n) is 3.93. The molecule has 1 aromatic carbocycles. The molecule has 0 radical (unpaired) electrons. The largest absolute Gasteiger partial charge is 0.454 e. The number of aromatic nitrogens is 4. The quantitative estimate of drug-likeness (QED) is 0.715. The maximum absolute atomic E-state index is 5.43. The van der Waals surface area contributed by atoms with Crippen molar-refractivity contribution >= 4 is 16.3 Å². The topological polar surface area (TPSA) is 64.8 Å². The normalized spacial score (nSPS) is 13.3. The summed E-state index contributed by atoms with van der Waals surface area (Å²) >= 11 is 1.52. The van der Waals surface area contributed by atoms with Crippen LogP contribution < -0.4 is 9.47 Å². The summed E-state index contributed by atoms with van der Waals surface area (Å²) in [6.07, 6.45) is 0. The molecule has 4 rings (SSSR count). The molecule has 0 saturated heterocycles. The van der Waals surface area contributed by atoms with E-state index < -0.39 is 0 Å². The van der Waals surface area contributed by atoms with Crippen LogP contribution in [0.15, 0.2) is 18.2 Å². The summed E-state index contributed by atoms with van der Waals surface area (Å²) in [5.41, 5.74) is 0.999. The Bertz CT molecular complexity index is 840. The van der Waals surface area contributed by atoms with Gasteiger partial charge in [-0.3, -0.25) is 4.90 Å². The van der Waals surface area contributed by atoms with Crippen molar-refractivity contribution < 1.29 is 9.47 Å². The van der Waals surface area contributed by atoms with Gasteiger partial charge in [-0.1, -0.05) is 25.2 Å². The SMILES string of the molecule is CCN(CC)Cc1nnc2sc(-c3ccc4c(c3)OCO4)nn12. The molecule has 8 heteroatoms. The summed E-state index contributed by atoms with van der Waals surface area (Å²) in [6.45, 7) is 7.26. The van der Waals surface area contributed by atoms with Gasteiger partial charge >= 0.3 is 0 Å². The Labute approximate surface area is 137 Å². The highest BCUT2D eigenvalue weighted by Crippen LogP contribution is 2.37. The number of nitrogens with zero attached hydrogens (tertiary/aromatic N) is 5. The molecule has 0 aliphatic carbocycles. The first-order valence-electron chi connectivity index (χ1n) is 7.62. The first-order chi connectivity index (χ1) is 11.3. The van der Waals surface area contributed by atoms with Gasteiger partial charge in [0.1, 0.15) is 5.01 Å². The monoisotopic (exact) mass is 331 g/mol. The average Bonchev–Trinajstić information content (AvgIpc) is 3.27. The van der Waals surface area contributed by atoms with Gasteiger partial charge in [-0.2, -0.15) is 9.61 Å². The fourth-order valence-electron chi connectivity index (χ4n) is 2.55. The number of rotatable bonds is 5. The van der Waals surface area contributed by atoms with Crippen LogP contribution in [0.25, 0.3) is 15.5 Å². The van der Waals surface area contributed by atoms with Gasteiger partial charge in [-0.05, 0) is 31.3 Å². The fourth-order valence-corrected chi connectivity index (χ4v) is 3.40. The second-order valence-corrected chi connectivity index (χ2v) is 6.20. The first kappa shape index (κ1) is 14.4. The molecular weight excluding hydrogens is 314 g/mol. The van der Waals surface area contributed by atoms with Crippen LogP contribution in [0.1, 0.15) is 19.7 Å². The molecule has 0 spiro atoms. The summed E-state index contributed by atoms with van der Waals surface area (Å²) in [5.74, 6) is 2.41. The van der Waals surface area contributed by atoms with Crippen molar-refractivity contribution in [1.29, 1.82) is 0 Å². The van der Waals surface area contributed by atoms with E-state index in [1.54, 1.807) is 0 Å². The predicted molar refractivity (Wildman–Crippen MR) is 86.8 cm³/mol. The van der Waals surface area contributed by atoms with Crippen molar-refractivity contribution in [3.8, 4) is 22.1 Å². The zero-order valence-electron chi connectivity index (χ0n) is 13.0. The zero-order chi connectivity index (χ0) is 15.8. The van der Waals surface area contributed by atoms with Crippen molar-refractivity contribution in [1.82, 2.24) is 24.7 Å². The average molecular weight is 331 g/mol. The van der Waals surface area contributed by atoms with E-state index in [4.69, 9.17) is 9.47 Å². The minimum atomic E-state index is 0.276. The van der Waals surface area contributed by atoms with Gasteiger partial charge in [0.25, 0.3) is 0 Å². The molecule has 0 amide bonds. The molecule has 3 aromatic rings. The molecule has 0 unspecified atom stereocenters. The summed E-state index contributed by atoms with van der Waals surface area (Å²) < 4.78 is 12.6. The van der Waals surface area contributed by atoms with Crippen molar-refractivity contribution in [2.75, 3.05) is 19.9 Å². The predicted octanol–water partition coefficient (Wildman–Crippen LogP) is 2.42. The van der Waals surface area contributed by atoms with Gasteiger partial charge in [-0.25, -0.2) is 0 Å². The summed E-state index contributed by atoms with van der Waals surface area (Å²) in [5, 5.41) is 14.1. The third-order valence-corrected chi connectivity index (χ3v) is 4.88. The summed E-state index contributed by atoms with van der Waals surface area (Å²) in [7, 11) is 0. The standard InChI is InChI=1S/C15H17N5O2S/c1-3-19(4-2)8-13-16-17-15-20(13)18-14(23-15)10-5-6-11-12(7-10)22-9-21-11/h5-7H,3-4,8-9H2,1-2H3. The van der Waals surface area contributed by atoms with E-state index in [0.717, 1.165) is 52.5 Å². The van der Waals surface area contributed by atoms with E-state index in [1.807, 2.05) is 22.7 Å². The highest BCUT2D eigenvalue weighted by Gasteiger charge is 2.18. The van der Waals surface area contributed by atoms with Crippen LogP contribution in [0.5, 0.6) is 11.5 Å². The van der Waals surface area contributed by atoms with Crippen LogP contribution in [-0.2, 0) is 6.54 Å². The van der Waals surface area contributed by atoms with E-state index in [1.165, 1.54) is 11.3 Å². The van der Waals surface area contributed by atoms with E-state index in [2.05, 4.69) is 34.0 Å². The van der Waals surface area contributed by atoms with Gasteiger partial charge in [0.15, 0.2) is 17.3 Å². The van der Waals surface area contributed by atoms with Gasteiger partial charge < -0.3 is 9.47 Å². The second kappa shape index (κ2) is 5.78. The van der Waals surface area contributed by atoms with Crippen LogP contribution in [0.3, 0.4) is 0 Å². The van der Waals surface area contributed by atoms with Crippen LogP contribution in [0.2, 0.25) is 0 Å². The lowest BCUT2D eigenvalue weighted by Crippen LogP contribution is -2.23. The van der Waals surface area contributed by atoms with Gasteiger partial charge in [0.05, 0.1) is 6.54 Å². The fraction of sp³-hybridized carbons (Fsp3) is 0.400. The summed E-state index contributed by atoms with van der Waals surface area (Å²) in [4.78, 5) is 3.09. The second-order valence-electron chi connectivity index (χ2n) is 5.25. The molecule has 0 fully saturated rings. The van der Waals surface area contributed by atoms with Crippen LogP contribution in [0, 0.1) is 0 Å². The number of hydrogen-bond donors (Lipinski definition) is 0. The number of fused-ring (bicyclic) bond motifs is 2. The Hall–Kier alpha value is -2.19. The molecule has 0 atom stereocenters. The highest BCUT2D eigenvalue weighted by molar-refractivity contribution is 7.19. The van der Waals surface area contributed by atoms with Crippen molar-refractivity contribution in [2.24, 2.45) is 0 Å². The highest BCUT2D eigenvalue weighted by atomic mass is 32.1. The van der Waals surface area contributed by atoms with Gasteiger partial charge in [-0.15, -0.1) is 10.2 Å². The van der Waals surface area contributed by atoms with E-state index in [-0.39, 0.29) is 6.79 Å². The molecule has 0 N–H and O–H groups in total. The van der Waals surface area contributed by atoms with Crippen LogP contribution in [-0.4, -0.2) is 44.6 Å². The molecule has 7 nitrogen and oxygen atoms in total. The number of benzene rings is 1. The van der Waals surface area contributed by atoms with Gasteiger partial charge in [0, 0.05) is 5.56 Å². The minimum Gasteiger partial charge on any atom is -0.454 e. The smallest absolute Gasteiger partial charge is 0.235 e. The lowest BCUT2D eigenvalue weighted by atomic mass is 10.2. The Morgan fingerprint density at radius 1 is 1.17 bits per heavy atom. The molecule has 0 bridgehead atoms. The van der Waals surface area contributed by atoms with Gasteiger partial charge in [0.2, 0.25) is 11.8 Å². The Morgan fingerprint density at radius 2 is 2.00 bits per heavy atom. The lowest BCUT2D eigenvalue weighted by molar-refractivity contribution is 0.174. The molecule has 23 heavy (non-hydrogen) atoms. The number of ether oxygens (including phenoxy) is 2. The van der Waals surface area contributed by atoms with Crippen LogP contribution >= 0.6 is 11.3 Å². The molecule has 0 saturated carbocycles. The lowest BCUT2D eigenvalue weighted by Gasteiger charge is -2.15. The molecular formula is C15H17N5O2S. The molecule has 2 aromatic heterocycles. The van der Waals surface area contributed by atoms with E-state index in [9.17, 15) is 0 Å². The molecule has 3 heterocycles. The van der Waals surface area contributed by atoms with Crippen molar-refractivity contribution in [3.05, 3.63) is 24.0 Å². The minimum absolute atomic E-state index is 0.276. The Kier molecular flexibility index (Phi) is 3.62. The Balaban J connectivity index is 1.68. The molecule has 120 valence electrons. The molecule has 1 aliphatic heterocycles. The van der Waals surface area contributed by atoms with E-state index in [0.29, 0.717) is 0 Å². The summed E-state index contributed by atoms with van der Waals surface area (Å²) in [6, 6.07) is 5.86. The third kappa shape index (κ3) is 2.53. The van der Waals surface area contributed by atoms with E-state index >= 15 is 0 Å². The zero-order valence-corrected chi connectivity index (χ0v) is 13.8. The molecule has 1 aliphatic rings. The van der Waals surface area contributed by atoms with Crippen LogP contribution in [0.4, 0.5) is 0 Å². The first-order valence-corrected chi connectivity index (χ1v) is 8.43. The van der Waals surface area contributed by atoms with Crippen molar-refractivity contribution in [2.45, 2.75) is 20.4 Å². The number of hydrogen-bond acceptors (Lipinski definition) is 7. The van der Waals surface area contributed by atoms with Crippen molar-refractivity contribution in [3.63, 3.8) is 0 Å². The maximum atomic E-state index is 5.43. The Morgan fingerprint density at radius 3 is 2.83 bits per heavy atom.